The molecule has 0 atom stereocenters. The molecule has 3 fully saturated rings. The van der Waals surface area contributed by atoms with Crippen LogP contribution >= 0.6 is 0 Å². The van der Waals surface area contributed by atoms with E-state index in [9.17, 15) is 31.2 Å². The van der Waals surface area contributed by atoms with Gasteiger partial charge in [0.1, 0.15) is 5.54 Å². The van der Waals surface area contributed by atoms with Gasteiger partial charge in [0.05, 0.1) is 16.1 Å². The molecule has 0 N–H and O–H groups in total. The zero-order valence-corrected chi connectivity index (χ0v) is 21.6. The molecule has 1 spiro atoms. The number of halogens is 3. The predicted molar refractivity (Wildman–Crippen MR) is 138 cm³/mol. The highest BCUT2D eigenvalue weighted by atomic mass is 32.2. The zero-order chi connectivity index (χ0) is 27.6. The second-order valence-corrected chi connectivity index (χ2v) is 12.1. The fourth-order valence-electron chi connectivity index (χ4n) is 5.63. The summed E-state index contributed by atoms with van der Waals surface area (Å²) in [4.78, 5) is 35.5. The third kappa shape index (κ3) is 4.03. The zero-order valence-electron chi connectivity index (χ0n) is 20.8. The predicted octanol–water partition coefficient (Wildman–Crippen LogP) is 5.02. The first-order valence-electron chi connectivity index (χ1n) is 12.7. The van der Waals surface area contributed by atoms with Crippen molar-refractivity contribution < 1.29 is 31.2 Å². The summed E-state index contributed by atoms with van der Waals surface area (Å²) >= 11 is 0. The minimum Gasteiger partial charge on any atom is -0.371 e. The molecule has 204 valence electrons. The van der Waals surface area contributed by atoms with E-state index in [0.717, 1.165) is 77.3 Å². The van der Waals surface area contributed by atoms with Crippen LogP contribution in [0.4, 0.5) is 29.3 Å². The van der Waals surface area contributed by atoms with Crippen molar-refractivity contribution in [2.24, 2.45) is 0 Å². The topological polar surface area (TPSA) is 90.9 Å². The molecular weight excluding hydrogens is 533 g/mol. The van der Waals surface area contributed by atoms with Gasteiger partial charge < -0.3 is 9.80 Å². The van der Waals surface area contributed by atoms with Crippen LogP contribution in [0.5, 0.6) is 0 Å². The number of imide groups is 1. The lowest BCUT2D eigenvalue weighted by Gasteiger charge is -2.31. The molecule has 0 bridgehead atoms. The first-order chi connectivity index (χ1) is 18.5. The highest BCUT2D eigenvalue weighted by molar-refractivity contribution is 7.92. The number of hydrogen-bond acceptors (Lipinski definition) is 6. The number of benzene rings is 2. The van der Waals surface area contributed by atoms with Gasteiger partial charge in [-0.05, 0) is 80.1 Å². The van der Waals surface area contributed by atoms with Gasteiger partial charge in [0.2, 0.25) is 0 Å². The second kappa shape index (κ2) is 8.94. The van der Waals surface area contributed by atoms with Gasteiger partial charge in [0, 0.05) is 36.9 Å². The first-order valence-corrected chi connectivity index (χ1v) is 14.2. The van der Waals surface area contributed by atoms with E-state index in [-0.39, 0.29) is 12.2 Å². The summed E-state index contributed by atoms with van der Waals surface area (Å²) in [6.45, 7) is 2.00. The fraction of sp³-hybridized carbons (Fsp3) is 0.370. The summed E-state index contributed by atoms with van der Waals surface area (Å²) in [6.07, 6.45) is 5.97. The molecule has 1 aromatic heterocycles. The number of pyridine rings is 1. The number of alkyl halides is 3. The molecule has 6 rings (SSSR count). The lowest BCUT2D eigenvalue weighted by molar-refractivity contribution is -0.120. The molecule has 2 aliphatic heterocycles. The average molecular weight is 559 g/mol. The number of nitrogens with zero attached hydrogens (tertiary/aromatic N) is 4. The summed E-state index contributed by atoms with van der Waals surface area (Å²) in [5, 5.41) is 0.929. The number of piperidine rings is 1. The maximum absolute atomic E-state index is 13.6. The summed E-state index contributed by atoms with van der Waals surface area (Å²) in [7, 11) is -5.55. The second-order valence-electron chi connectivity index (χ2n) is 10.2. The van der Waals surface area contributed by atoms with Crippen molar-refractivity contribution in [3.05, 3.63) is 60.3 Å². The van der Waals surface area contributed by atoms with Crippen molar-refractivity contribution in [1.29, 1.82) is 0 Å². The quantitative estimate of drug-likeness (QED) is 0.409. The molecular formula is C27H25F3N4O4S. The largest absolute Gasteiger partial charge is 0.501 e. The molecule has 3 aliphatic rings. The molecule has 1 saturated carbocycles. The molecule has 3 amide bonds. The smallest absolute Gasteiger partial charge is 0.371 e. The highest BCUT2D eigenvalue weighted by Gasteiger charge is 2.65. The molecule has 39 heavy (non-hydrogen) atoms. The maximum atomic E-state index is 13.6. The maximum Gasteiger partial charge on any atom is 0.501 e. The van der Waals surface area contributed by atoms with Crippen molar-refractivity contribution in [3.8, 4) is 0 Å². The van der Waals surface area contributed by atoms with E-state index in [1.165, 1.54) is 11.3 Å². The Morgan fingerprint density at radius 3 is 2.26 bits per heavy atom. The number of carbonyl (C=O) groups excluding carboxylic acids is 2. The standard InChI is InChI=1S/C27H25F3N4O4S/c28-27(29,30)39(37,38)20-9-7-19(8-10-20)34-24(35)26(12-13-26)33(25(34)36)17-18-11-14-31-21-5-4-6-22(23(18)21)32-15-2-1-3-16-32/h4-11,14H,1-3,12-13,15-17H2. The van der Waals surface area contributed by atoms with E-state index in [2.05, 4.69) is 9.88 Å². The van der Waals surface area contributed by atoms with Gasteiger partial charge in [-0.15, -0.1) is 0 Å². The van der Waals surface area contributed by atoms with Crippen LogP contribution in [-0.4, -0.2) is 54.4 Å². The third-order valence-electron chi connectivity index (χ3n) is 7.83. The molecule has 3 aromatic rings. The molecule has 1 aliphatic carbocycles. The number of rotatable bonds is 5. The van der Waals surface area contributed by atoms with Crippen LogP contribution in [0, 0.1) is 0 Å². The highest BCUT2D eigenvalue weighted by Crippen LogP contribution is 2.50. The van der Waals surface area contributed by atoms with Crippen molar-refractivity contribution in [2.75, 3.05) is 22.9 Å². The van der Waals surface area contributed by atoms with Crippen LogP contribution in [0.1, 0.15) is 37.7 Å². The molecule has 8 nitrogen and oxygen atoms in total. The third-order valence-corrected chi connectivity index (χ3v) is 9.33. The Labute approximate surface area is 222 Å². The molecule has 12 heteroatoms. The number of hydrogen-bond donors (Lipinski definition) is 0. The Balaban J connectivity index is 1.34. The number of amides is 3. The number of anilines is 2. The summed E-state index contributed by atoms with van der Waals surface area (Å²) in [5.41, 5.74) is -3.78. The van der Waals surface area contributed by atoms with Crippen LogP contribution in [0.25, 0.3) is 10.9 Å². The van der Waals surface area contributed by atoms with Gasteiger partial charge in [-0.3, -0.25) is 9.78 Å². The van der Waals surface area contributed by atoms with Crippen LogP contribution < -0.4 is 9.80 Å². The van der Waals surface area contributed by atoms with Gasteiger partial charge in [0.15, 0.2) is 0 Å². The summed E-state index contributed by atoms with van der Waals surface area (Å²) in [6, 6.07) is 10.8. The lowest BCUT2D eigenvalue weighted by atomic mass is 10.0. The van der Waals surface area contributed by atoms with E-state index in [0.29, 0.717) is 12.8 Å². The number of sulfone groups is 1. The average Bonchev–Trinajstić information content (AvgIpc) is 3.70. The van der Waals surface area contributed by atoms with Crippen molar-refractivity contribution in [2.45, 2.75) is 54.6 Å². The monoisotopic (exact) mass is 558 g/mol. The number of fused-ring (bicyclic) bond motifs is 1. The van der Waals surface area contributed by atoms with E-state index < -0.39 is 37.7 Å². The Hall–Kier alpha value is -3.67. The van der Waals surface area contributed by atoms with Gasteiger partial charge in [0.25, 0.3) is 15.7 Å². The van der Waals surface area contributed by atoms with Crippen LogP contribution in [0.3, 0.4) is 0 Å². The Morgan fingerprint density at radius 1 is 0.923 bits per heavy atom. The molecule has 2 saturated heterocycles. The lowest BCUT2D eigenvalue weighted by Crippen LogP contribution is -2.36. The van der Waals surface area contributed by atoms with E-state index in [1.54, 1.807) is 6.20 Å². The molecule has 0 unspecified atom stereocenters. The van der Waals surface area contributed by atoms with Crippen LogP contribution in [0.2, 0.25) is 0 Å². The molecule has 0 radical (unpaired) electrons. The van der Waals surface area contributed by atoms with Gasteiger partial charge in [-0.1, -0.05) is 6.07 Å². The Bertz CT molecular complexity index is 1580. The Morgan fingerprint density at radius 2 is 1.62 bits per heavy atom. The van der Waals surface area contributed by atoms with Crippen molar-refractivity contribution >= 4 is 44.1 Å². The van der Waals surface area contributed by atoms with E-state index >= 15 is 0 Å². The van der Waals surface area contributed by atoms with E-state index in [1.807, 2.05) is 24.3 Å². The van der Waals surface area contributed by atoms with Crippen molar-refractivity contribution in [3.63, 3.8) is 0 Å². The van der Waals surface area contributed by atoms with Gasteiger partial charge in [-0.2, -0.15) is 13.2 Å². The number of aromatic nitrogens is 1. The summed E-state index contributed by atoms with van der Waals surface area (Å²) < 4.78 is 62.3. The van der Waals surface area contributed by atoms with E-state index in [4.69, 9.17) is 0 Å². The number of urea groups is 1. The molecule has 3 heterocycles. The fourth-order valence-corrected chi connectivity index (χ4v) is 6.39. The SMILES string of the molecule is O=C1N(c2ccc(S(=O)(=O)C(F)(F)F)cc2)C(=O)C2(CC2)N1Cc1ccnc2cccc(N3CCCCC3)c12. The van der Waals surface area contributed by atoms with Gasteiger partial charge in [-0.25, -0.2) is 18.1 Å². The minimum atomic E-state index is -5.55. The van der Waals surface area contributed by atoms with Crippen LogP contribution in [-0.2, 0) is 21.2 Å². The van der Waals surface area contributed by atoms with Crippen LogP contribution in [0.15, 0.2) is 59.6 Å². The Kier molecular flexibility index (Phi) is 5.87. The first kappa shape index (κ1) is 25.6. The summed E-state index contributed by atoms with van der Waals surface area (Å²) in [5.74, 6) is -0.464. The number of carbonyl (C=O) groups is 2. The van der Waals surface area contributed by atoms with Crippen molar-refractivity contribution in [1.82, 2.24) is 9.88 Å². The molecule has 2 aromatic carbocycles. The minimum absolute atomic E-state index is 0.0218. The normalized spacial score (nSPS) is 19.4. The van der Waals surface area contributed by atoms with Gasteiger partial charge >= 0.3 is 11.5 Å².